The van der Waals surface area contributed by atoms with Gasteiger partial charge in [0.2, 0.25) is 11.8 Å². The number of hydrogen-bond acceptors (Lipinski definition) is 6. The van der Waals surface area contributed by atoms with Gasteiger partial charge in [-0.15, -0.1) is 0 Å². The summed E-state index contributed by atoms with van der Waals surface area (Å²) in [7, 11) is 0. The lowest BCUT2D eigenvalue weighted by Gasteiger charge is -2.33. The molecule has 1 unspecified atom stereocenters. The number of esters is 1. The molecule has 160 valence electrons. The first-order valence-corrected chi connectivity index (χ1v) is 10.7. The molecular weight excluding hydrogens is 384 g/mol. The van der Waals surface area contributed by atoms with Gasteiger partial charge in [0.1, 0.15) is 11.8 Å². The van der Waals surface area contributed by atoms with Crippen molar-refractivity contribution in [3.63, 3.8) is 0 Å². The van der Waals surface area contributed by atoms with Gasteiger partial charge in [0.15, 0.2) is 0 Å². The largest absolute Gasteiger partial charge is 0.461 e. The summed E-state index contributed by atoms with van der Waals surface area (Å²) in [5.41, 5.74) is 1.01. The van der Waals surface area contributed by atoms with Gasteiger partial charge < -0.3 is 15.0 Å². The zero-order valence-electron chi connectivity index (χ0n) is 17.3. The summed E-state index contributed by atoms with van der Waals surface area (Å²) in [6.45, 7) is 3.36. The maximum atomic E-state index is 13.1. The number of piperidine rings is 1. The fourth-order valence-corrected chi connectivity index (χ4v) is 4.00. The quantitative estimate of drug-likeness (QED) is 0.718. The Morgan fingerprint density at radius 3 is 2.43 bits per heavy atom. The molecule has 1 saturated carbocycles. The number of ether oxygens (including phenoxy) is 1. The minimum atomic E-state index is -0.599. The predicted octanol–water partition coefficient (Wildman–Crippen LogP) is 1.70. The van der Waals surface area contributed by atoms with Crippen molar-refractivity contribution in [1.82, 2.24) is 10.2 Å². The summed E-state index contributed by atoms with van der Waals surface area (Å²) in [5.74, 6) is -0.152. The number of hydrazone groups is 1. The molecule has 0 aromatic heterocycles. The fourth-order valence-electron chi connectivity index (χ4n) is 4.00. The third-order valence-corrected chi connectivity index (χ3v) is 5.82. The van der Waals surface area contributed by atoms with Crippen LogP contribution in [0.15, 0.2) is 35.4 Å². The molecule has 1 aromatic carbocycles. The Kier molecular flexibility index (Phi) is 6.01. The van der Waals surface area contributed by atoms with Gasteiger partial charge in [-0.1, -0.05) is 18.2 Å². The molecule has 1 aliphatic carbocycles. The summed E-state index contributed by atoms with van der Waals surface area (Å²) < 4.78 is 5.08. The number of amides is 2. The second-order valence-corrected chi connectivity index (χ2v) is 8.05. The molecule has 1 N–H and O–H groups in total. The molecule has 1 saturated heterocycles. The zero-order valence-corrected chi connectivity index (χ0v) is 17.3. The number of likely N-dealkylation sites (tertiary alicyclic amines) is 1. The molecule has 3 aliphatic rings. The minimum Gasteiger partial charge on any atom is -0.461 e. The highest BCUT2D eigenvalue weighted by molar-refractivity contribution is 6.38. The molecule has 8 nitrogen and oxygen atoms in total. The Morgan fingerprint density at radius 1 is 1.10 bits per heavy atom. The van der Waals surface area contributed by atoms with Crippen molar-refractivity contribution >= 4 is 29.2 Å². The van der Waals surface area contributed by atoms with Gasteiger partial charge in [-0.25, -0.2) is 4.79 Å². The maximum Gasteiger partial charge on any atom is 0.354 e. The number of hydrogen-bond donors (Lipinski definition) is 1. The fraction of sp³-hybridized carbons (Fsp3) is 0.545. The van der Waals surface area contributed by atoms with Crippen molar-refractivity contribution in [2.24, 2.45) is 11.0 Å². The van der Waals surface area contributed by atoms with Gasteiger partial charge in [0.25, 0.3) is 0 Å². The van der Waals surface area contributed by atoms with Crippen molar-refractivity contribution in [3.05, 3.63) is 30.3 Å². The van der Waals surface area contributed by atoms with Crippen LogP contribution in [0, 0.1) is 5.92 Å². The van der Waals surface area contributed by atoms with E-state index in [0.29, 0.717) is 13.1 Å². The van der Waals surface area contributed by atoms with E-state index >= 15 is 0 Å². The summed E-state index contributed by atoms with van der Waals surface area (Å²) in [6, 6.07) is 8.77. The van der Waals surface area contributed by atoms with Crippen LogP contribution in [0.2, 0.25) is 0 Å². The second kappa shape index (κ2) is 8.85. The van der Waals surface area contributed by atoms with E-state index in [2.05, 4.69) is 10.4 Å². The Hall–Kier alpha value is -2.90. The van der Waals surface area contributed by atoms with Crippen LogP contribution in [-0.2, 0) is 19.1 Å². The first-order valence-electron chi connectivity index (χ1n) is 10.7. The Balaban J connectivity index is 1.39. The first-order chi connectivity index (χ1) is 14.6. The molecule has 2 heterocycles. The summed E-state index contributed by atoms with van der Waals surface area (Å²) in [5, 5.41) is 9.11. The number of carbonyl (C=O) groups is 3. The van der Waals surface area contributed by atoms with Crippen molar-refractivity contribution in [2.75, 3.05) is 24.7 Å². The average Bonchev–Trinajstić information content (AvgIpc) is 3.52. The number of carbonyl (C=O) groups excluding carboxylic acids is 3. The van der Waals surface area contributed by atoms with E-state index in [9.17, 15) is 14.4 Å². The molecule has 1 aromatic rings. The van der Waals surface area contributed by atoms with Crippen LogP contribution < -0.4 is 10.3 Å². The average molecular weight is 412 g/mol. The molecular formula is C22H28N4O4. The second-order valence-electron chi connectivity index (χ2n) is 8.05. The summed E-state index contributed by atoms with van der Waals surface area (Å²) >= 11 is 0. The first kappa shape index (κ1) is 20.4. The molecule has 8 heteroatoms. The van der Waals surface area contributed by atoms with Crippen LogP contribution in [-0.4, -0.2) is 60.2 Å². The van der Waals surface area contributed by atoms with Gasteiger partial charge in [0.05, 0.1) is 12.3 Å². The van der Waals surface area contributed by atoms with E-state index in [0.717, 1.165) is 31.4 Å². The topological polar surface area (TPSA) is 91.3 Å². The van der Waals surface area contributed by atoms with Crippen LogP contribution in [0.25, 0.3) is 0 Å². The predicted molar refractivity (Wildman–Crippen MR) is 112 cm³/mol. The molecule has 2 fully saturated rings. The van der Waals surface area contributed by atoms with E-state index in [-0.39, 0.29) is 42.5 Å². The van der Waals surface area contributed by atoms with E-state index in [1.165, 1.54) is 0 Å². The van der Waals surface area contributed by atoms with E-state index < -0.39 is 12.0 Å². The van der Waals surface area contributed by atoms with Gasteiger partial charge in [0, 0.05) is 31.5 Å². The highest BCUT2D eigenvalue weighted by atomic mass is 16.5. The molecule has 30 heavy (non-hydrogen) atoms. The Labute approximate surface area is 176 Å². The molecule has 0 spiro atoms. The molecule has 2 aliphatic heterocycles. The van der Waals surface area contributed by atoms with Crippen molar-refractivity contribution in [1.29, 1.82) is 0 Å². The van der Waals surface area contributed by atoms with Crippen molar-refractivity contribution in [3.8, 4) is 0 Å². The zero-order chi connectivity index (χ0) is 21.1. The van der Waals surface area contributed by atoms with Crippen LogP contribution in [0.5, 0.6) is 0 Å². The van der Waals surface area contributed by atoms with Crippen LogP contribution in [0.3, 0.4) is 0 Å². The van der Waals surface area contributed by atoms with Gasteiger partial charge in [-0.05, 0) is 44.7 Å². The van der Waals surface area contributed by atoms with E-state index in [1.807, 2.05) is 35.2 Å². The van der Waals surface area contributed by atoms with Crippen molar-refractivity contribution < 1.29 is 19.1 Å². The van der Waals surface area contributed by atoms with Gasteiger partial charge in [-0.3, -0.25) is 14.6 Å². The minimum absolute atomic E-state index is 0.0185. The highest BCUT2D eigenvalue weighted by Crippen LogP contribution is 2.32. The monoisotopic (exact) mass is 412 g/mol. The SMILES string of the molecule is CCOC(=O)C1=NN(c2ccccc2)C(C(=O)NC2CCN(C(=O)C3CC3)CC2)C1. The van der Waals surface area contributed by atoms with Crippen molar-refractivity contribution in [2.45, 2.75) is 51.1 Å². The summed E-state index contributed by atoms with van der Waals surface area (Å²) in [6.07, 6.45) is 3.71. The van der Waals surface area contributed by atoms with Crippen LogP contribution >= 0.6 is 0 Å². The standard InChI is InChI=1S/C22H28N4O4/c1-2-30-22(29)18-14-19(26(24-18)17-6-4-3-5-7-17)20(27)23-16-10-12-25(13-11-16)21(28)15-8-9-15/h3-7,15-16,19H,2,8-14H2,1H3,(H,23,27). The van der Waals surface area contributed by atoms with Crippen LogP contribution in [0.4, 0.5) is 5.69 Å². The van der Waals surface area contributed by atoms with Crippen LogP contribution in [0.1, 0.15) is 39.0 Å². The molecule has 4 rings (SSSR count). The van der Waals surface area contributed by atoms with E-state index in [4.69, 9.17) is 4.74 Å². The van der Waals surface area contributed by atoms with Gasteiger partial charge in [-0.2, -0.15) is 5.10 Å². The number of nitrogens with one attached hydrogen (secondary N) is 1. The lowest BCUT2D eigenvalue weighted by molar-refractivity contribution is -0.135. The smallest absolute Gasteiger partial charge is 0.354 e. The third-order valence-electron chi connectivity index (χ3n) is 5.82. The number of anilines is 1. The van der Waals surface area contributed by atoms with E-state index in [1.54, 1.807) is 11.9 Å². The molecule has 1 atom stereocenters. The lowest BCUT2D eigenvalue weighted by Crippen LogP contribution is -2.51. The maximum absolute atomic E-state index is 13.1. The normalized spacial score (nSPS) is 21.9. The van der Waals surface area contributed by atoms with Gasteiger partial charge >= 0.3 is 5.97 Å². The highest BCUT2D eigenvalue weighted by Gasteiger charge is 2.39. The third kappa shape index (κ3) is 4.47. The summed E-state index contributed by atoms with van der Waals surface area (Å²) in [4.78, 5) is 39.4. The lowest BCUT2D eigenvalue weighted by atomic mass is 10.0. The number of para-hydroxylation sites is 1. The Bertz CT molecular complexity index is 829. The number of benzene rings is 1. The Morgan fingerprint density at radius 2 is 1.80 bits per heavy atom. The molecule has 0 radical (unpaired) electrons. The molecule has 0 bridgehead atoms. The number of nitrogens with zero attached hydrogens (tertiary/aromatic N) is 3. The number of rotatable bonds is 6. The molecule has 2 amide bonds.